The fraction of sp³-hybridized carbons (Fsp3) is 0.600. The third kappa shape index (κ3) is 1.70. The van der Waals surface area contributed by atoms with Crippen LogP contribution in [-0.4, -0.2) is 13.6 Å². The molecule has 0 atom stereocenters. The monoisotopic (exact) mass is 267 g/mol. The van der Waals surface area contributed by atoms with Crippen molar-refractivity contribution in [1.82, 2.24) is 5.32 Å². The molecule has 0 radical (unpaired) electrons. The fourth-order valence-corrected chi connectivity index (χ4v) is 4.25. The van der Waals surface area contributed by atoms with Gasteiger partial charge in [0.05, 0.1) is 5.02 Å². The van der Waals surface area contributed by atoms with Crippen LogP contribution in [0.4, 0.5) is 4.39 Å². The molecule has 1 spiro atoms. The number of hydrogen-bond acceptors (Lipinski definition) is 1. The summed E-state index contributed by atoms with van der Waals surface area (Å²) in [5.74, 6) is -0.219. The maximum absolute atomic E-state index is 14.3. The number of hydrogen-bond donors (Lipinski definition) is 1. The van der Waals surface area contributed by atoms with Crippen LogP contribution in [0.15, 0.2) is 18.2 Å². The Morgan fingerprint density at radius 2 is 2.06 bits per heavy atom. The van der Waals surface area contributed by atoms with Crippen LogP contribution in [0.5, 0.6) is 0 Å². The normalized spacial score (nSPS) is 23.5. The minimum absolute atomic E-state index is 0.0375. The lowest BCUT2D eigenvalue weighted by Gasteiger charge is -2.61. The van der Waals surface area contributed by atoms with Crippen molar-refractivity contribution in [2.24, 2.45) is 5.41 Å². The molecule has 3 heteroatoms. The van der Waals surface area contributed by atoms with E-state index in [1.165, 1.54) is 19.3 Å². The molecule has 0 bridgehead atoms. The number of benzene rings is 1. The van der Waals surface area contributed by atoms with Crippen molar-refractivity contribution < 1.29 is 4.39 Å². The van der Waals surface area contributed by atoms with Gasteiger partial charge in [-0.2, -0.15) is 0 Å². The minimum Gasteiger partial charge on any atom is -0.319 e. The third-order valence-electron chi connectivity index (χ3n) is 4.88. The van der Waals surface area contributed by atoms with Crippen molar-refractivity contribution in [3.05, 3.63) is 34.6 Å². The van der Waals surface area contributed by atoms with Crippen LogP contribution >= 0.6 is 11.6 Å². The summed E-state index contributed by atoms with van der Waals surface area (Å²) in [6.45, 7) is 0.839. The summed E-state index contributed by atoms with van der Waals surface area (Å²) in [7, 11) is 1.94. The summed E-state index contributed by atoms with van der Waals surface area (Å²) in [5.41, 5.74) is 1.29. The first-order chi connectivity index (χ1) is 8.61. The van der Waals surface area contributed by atoms with Crippen molar-refractivity contribution in [3.8, 4) is 0 Å². The van der Waals surface area contributed by atoms with Crippen LogP contribution in [0.3, 0.4) is 0 Å². The van der Waals surface area contributed by atoms with E-state index in [9.17, 15) is 4.39 Å². The van der Waals surface area contributed by atoms with Crippen molar-refractivity contribution in [2.75, 3.05) is 13.6 Å². The van der Waals surface area contributed by atoms with Gasteiger partial charge in [0.2, 0.25) is 0 Å². The second kappa shape index (κ2) is 4.21. The largest absolute Gasteiger partial charge is 0.319 e. The van der Waals surface area contributed by atoms with E-state index in [2.05, 4.69) is 5.32 Å². The Labute approximate surface area is 113 Å². The van der Waals surface area contributed by atoms with E-state index in [4.69, 9.17) is 11.6 Å². The summed E-state index contributed by atoms with van der Waals surface area (Å²) < 4.78 is 14.3. The van der Waals surface area contributed by atoms with E-state index in [-0.39, 0.29) is 16.3 Å². The van der Waals surface area contributed by atoms with E-state index in [1.54, 1.807) is 6.07 Å². The highest BCUT2D eigenvalue weighted by molar-refractivity contribution is 6.30. The van der Waals surface area contributed by atoms with Gasteiger partial charge in [-0.25, -0.2) is 4.39 Å². The van der Waals surface area contributed by atoms with Crippen LogP contribution < -0.4 is 5.32 Å². The van der Waals surface area contributed by atoms with Gasteiger partial charge >= 0.3 is 0 Å². The Morgan fingerprint density at radius 3 is 2.61 bits per heavy atom. The molecule has 98 valence electrons. The van der Waals surface area contributed by atoms with E-state index >= 15 is 0 Å². The highest BCUT2D eigenvalue weighted by atomic mass is 35.5. The van der Waals surface area contributed by atoms with Gasteiger partial charge in [0.1, 0.15) is 5.82 Å². The van der Waals surface area contributed by atoms with Gasteiger partial charge < -0.3 is 5.32 Å². The standard InChI is InChI=1S/C15H19ClFN/c1-18-10-15(8-14(9-15)6-3-7-14)11-4-2-5-12(16)13(11)17/h2,4-5,18H,3,6-10H2,1H3. The third-order valence-corrected chi connectivity index (χ3v) is 5.17. The zero-order valence-corrected chi connectivity index (χ0v) is 11.5. The SMILES string of the molecule is CNCC1(c2cccc(Cl)c2F)CC2(CCC2)C1. The lowest BCUT2D eigenvalue weighted by atomic mass is 9.43. The van der Waals surface area contributed by atoms with Gasteiger partial charge in [-0.05, 0) is 49.8 Å². The van der Waals surface area contributed by atoms with Gasteiger partial charge in [0.25, 0.3) is 0 Å². The van der Waals surface area contributed by atoms with Gasteiger partial charge in [-0.3, -0.25) is 0 Å². The van der Waals surface area contributed by atoms with Gasteiger partial charge in [-0.15, -0.1) is 0 Å². The molecule has 2 aliphatic rings. The molecule has 2 aliphatic carbocycles. The summed E-state index contributed by atoms with van der Waals surface area (Å²) in [6, 6.07) is 5.40. The summed E-state index contributed by atoms with van der Waals surface area (Å²) in [5, 5.41) is 3.48. The summed E-state index contributed by atoms with van der Waals surface area (Å²) in [4.78, 5) is 0. The smallest absolute Gasteiger partial charge is 0.145 e. The predicted octanol–water partition coefficient (Wildman–Crippen LogP) is 3.90. The molecule has 0 aromatic heterocycles. The number of halogens is 2. The predicted molar refractivity (Wildman–Crippen MR) is 72.5 cm³/mol. The molecular formula is C15H19ClFN. The molecule has 2 saturated carbocycles. The Bertz CT molecular complexity index is 460. The molecule has 0 amide bonds. The quantitative estimate of drug-likeness (QED) is 0.876. The molecule has 1 N–H and O–H groups in total. The molecular weight excluding hydrogens is 249 g/mol. The second-order valence-corrected chi connectivity index (χ2v) is 6.53. The van der Waals surface area contributed by atoms with Crippen molar-refractivity contribution in [2.45, 2.75) is 37.5 Å². The van der Waals surface area contributed by atoms with Gasteiger partial charge in [0, 0.05) is 12.0 Å². The van der Waals surface area contributed by atoms with E-state index in [0.29, 0.717) is 5.41 Å². The molecule has 1 aromatic rings. The number of likely N-dealkylation sites (N-methyl/N-ethyl adjacent to an activating group) is 1. The minimum atomic E-state index is -0.219. The average Bonchev–Trinajstić information content (AvgIpc) is 2.25. The molecule has 0 saturated heterocycles. The Morgan fingerprint density at radius 1 is 1.33 bits per heavy atom. The molecule has 0 aliphatic heterocycles. The zero-order valence-electron chi connectivity index (χ0n) is 10.7. The number of nitrogens with one attached hydrogen (secondary N) is 1. The van der Waals surface area contributed by atoms with Crippen LogP contribution in [0, 0.1) is 11.2 Å². The fourth-order valence-electron chi connectivity index (χ4n) is 4.08. The average molecular weight is 268 g/mol. The lowest BCUT2D eigenvalue weighted by molar-refractivity contribution is -0.0489. The topological polar surface area (TPSA) is 12.0 Å². The first-order valence-electron chi connectivity index (χ1n) is 6.70. The van der Waals surface area contributed by atoms with Crippen molar-refractivity contribution >= 4 is 11.6 Å². The van der Waals surface area contributed by atoms with Crippen LogP contribution in [-0.2, 0) is 5.41 Å². The molecule has 3 rings (SSSR count). The Hall–Kier alpha value is -0.600. The van der Waals surface area contributed by atoms with E-state index in [0.717, 1.165) is 24.9 Å². The van der Waals surface area contributed by atoms with Crippen molar-refractivity contribution in [1.29, 1.82) is 0 Å². The first-order valence-corrected chi connectivity index (χ1v) is 7.08. The maximum atomic E-state index is 14.3. The molecule has 0 unspecified atom stereocenters. The second-order valence-electron chi connectivity index (χ2n) is 6.12. The lowest BCUT2D eigenvalue weighted by Crippen LogP contribution is -2.57. The molecule has 1 nitrogen and oxygen atoms in total. The van der Waals surface area contributed by atoms with E-state index in [1.807, 2.05) is 19.2 Å². The van der Waals surface area contributed by atoms with E-state index < -0.39 is 0 Å². The highest BCUT2D eigenvalue weighted by Gasteiger charge is 2.57. The molecule has 1 aromatic carbocycles. The van der Waals surface area contributed by atoms with Crippen LogP contribution in [0.25, 0.3) is 0 Å². The van der Waals surface area contributed by atoms with Gasteiger partial charge in [0.15, 0.2) is 0 Å². The van der Waals surface area contributed by atoms with Crippen LogP contribution in [0.2, 0.25) is 5.02 Å². The Balaban J connectivity index is 1.93. The Kier molecular flexibility index (Phi) is 2.91. The van der Waals surface area contributed by atoms with Gasteiger partial charge in [-0.1, -0.05) is 30.2 Å². The van der Waals surface area contributed by atoms with Crippen molar-refractivity contribution in [3.63, 3.8) is 0 Å². The molecule has 0 heterocycles. The summed E-state index contributed by atoms with van der Waals surface area (Å²) in [6.07, 6.45) is 6.20. The number of rotatable bonds is 3. The molecule has 2 fully saturated rings. The van der Waals surface area contributed by atoms with Crippen LogP contribution in [0.1, 0.15) is 37.7 Å². The highest BCUT2D eigenvalue weighted by Crippen LogP contribution is 2.65. The molecule has 18 heavy (non-hydrogen) atoms. The summed E-state index contributed by atoms with van der Waals surface area (Å²) >= 11 is 5.92. The first kappa shape index (κ1) is 12.4. The zero-order chi connectivity index (χ0) is 12.8. The maximum Gasteiger partial charge on any atom is 0.145 e.